The van der Waals surface area contributed by atoms with Gasteiger partial charge in [0.15, 0.2) is 0 Å². The summed E-state index contributed by atoms with van der Waals surface area (Å²) in [7, 11) is 0. The van der Waals surface area contributed by atoms with E-state index in [9.17, 15) is 4.79 Å². The van der Waals surface area contributed by atoms with E-state index in [1.807, 2.05) is 48.9 Å². The Kier molecular flexibility index (Phi) is 4.98. The Balaban J connectivity index is 1.88. The number of rotatable bonds is 6. The number of imidazole rings is 1. The Morgan fingerprint density at radius 3 is 2.71 bits per heavy atom. The zero-order valence-electron chi connectivity index (χ0n) is 12.5. The molecular formula is C16H21N3O2. The molecule has 5 nitrogen and oxygen atoms in total. The predicted molar refractivity (Wildman–Crippen MR) is 82.5 cm³/mol. The van der Waals surface area contributed by atoms with Gasteiger partial charge in [-0.3, -0.25) is 4.79 Å². The van der Waals surface area contributed by atoms with Crippen molar-refractivity contribution < 1.29 is 9.53 Å². The van der Waals surface area contributed by atoms with Crippen molar-refractivity contribution in [2.24, 2.45) is 5.92 Å². The summed E-state index contributed by atoms with van der Waals surface area (Å²) in [5.74, 6) is 0.186. The zero-order valence-corrected chi connectivity index (χ0v) is 12.5. The van der Waals surface area contributed by atoms with Crippen molar-refractivity contribution in [3.05, 3.63) is 36.8 Å². The summed E-state index contributed by atoms with van der Waals surface area (Å²) in [5, 5.41) is 0. The monoisotopic (exact) mass is 287 g/mol. The number of nitrogens with two attached hydrogens (primary N) is 1. The fourth-order valence-corrected chi connectivity index (χ4v) is 1.84. The molecule has 0 saturated heterocycles. The topological polar surface area (TPSA) is 70.1 Å². The molecule has 0 unspecified atom stereocenters. The molecule has 2 rings (SSSR count). The molecule has 0 spiro atoms. The largest absolute Gasteiger partial charge is 0.465 e. The second-order valence-electron chi connectivity index (χ2n) is 5.45. The maximum Gasteiger partial charge on any atom is 0.307 e. The molecule has 0 radical (unpaired) electrons. The quantitative estimate of drug-likeness (QED) is 0.655. The first-order valence-corrected chi connectivity index (χ1v) is 7.08. The van der Waals surface area contributed by atoms with E-state index in [0.29, 0.717) is 25.5 Å². The van der Waals surface area contributed by atoms with Crippen molar-refractivity contribution in [2.45, 2.75) is 26.8 Å². The summed E-state index contributed by atoms with van der Waals surface area (Å²) in [6.07, 6.45) is 3.99. The number of carbonyl (C=O) groups is 1. The molecule has 0 amide bonds. The Hall–Kier alpha value is -2.30. The molecule has 0 atom stereocenters. The van der Waals surface area contributed by atoms with E-state index < -0.39 is 0 Å². The van der Waals surface area contributed by atoms with E-state index in [2.05, 4.69) is 4.98 Å². The lowest BCUT2D eigenvalue weighted by atomic mass is 10.1. The second-order valence-corrected chi connectivity index (χ2v) is 5.45. The Labute approximate surface area is 124 Å². The zero-order chi connectivity index (χ0) is 15.2. The van der Waals surface area contributed by atoms with E-state index in [1.165, 1.54) is 0 Å². The molecule has 0 aliphatic rings. The third-order valence-electron chi connectivity index (χ3n) is 2.99. The van der Waals surface area contributed by atoms with Crippen molar-refractivity contribution in [3.8, 4) is 11.3 Å². The van der Waals surface area contributed by atoms with Gasteiger partial charge in [0, 0.05) is 24.0 Å². The highest BCUT2D eigenvalue weighted by atomic mass is 16.5. The lowest BCUT2D eigenvalue weighted by molar-refractivity contribution is -0.144. The summed E-state index contributed by atoms with van der Waals surface area (Å²) < 4.78 is 7.03. The number of nitrogens with zero attached hydrogens (tertiary/aromatic N) is 2. The van der Waals surface area contributed by atoms with Crippen LogP contribution in [0.2, 0.25) is 0 Å². The lowest BCUT2D eigenvalue weighted by Crippen LogP contribution is -2.12. The highest BCUT2D eigenvalue weighted by Crippen LogP contribution is 2.18. The summed E-state index contributed by atoms with van der Waals surface area (Å²) in [5.41, 5.74) is 8.26. The molecule has 1 heterocycles. The van der Waals surface area contributed by atoms with Crippen LogP contribution in [0.1, 0.15) is 20.3 Å². The fraction of sp³-hybridized carbons (Fsp3) is 0.375. The molecule has 112 valence electrons. The molecule has 0 fully saturated rings. The molecule has 5 heteroatoms. The van der Waals surface area contributed by atoms with E-state index in [1.54, 1.807) is 6.33 Å². The lowest BCUT2D eigenvalue weighted by Gasteiger charge is -2.07. The molecule has 0 bridgehead atoms. The number of hydrogen-bond acceptors (Lipinski definition) is 4. The van der Waals surface area contributed by atoms with Crippen LogP contribution in [0.3, 0.4) is 0 Å². The molecule has 1 aromatic carbocycles. The van der Waals surface area contributed by atoms with E-state index in [0.717, 1.165) is 16.9 Å². The SMILES string of the molecule is CC(C)COC(=O)CCn1cnc(-c2ccc(N)cc2)c1. The van der Waals surface area contributed by atoms with Gasteiger partial charge in [-0.15, -0.1) is 0 Å². The molecule has 2 N–H and O–H groups in total. The van der Waals surface area contributed by atoms with E-state index in [4.69, 9.17) is 10.5 Å². The van der Waals surface area contributed by atoms with Crippen molar-refractivity contribution in [1.82, 2.24) is 9.55 Å². The van der Waals surface area contributed by atoms with E-state index >= 15 is 0 Å². The highest BCUT2D eigenvalue weighted by molar-refractivity contribution is 5.69. The number of benzene rings is 1. The van der Waals surface area contributed by atoms with Crippen LogP contribution < -0.4 is 5.73 Å². The molecule has 0 saturated carbocycles. The second kappa shape index (κ2) is 6.92. The summed E-state index contributed by atoms with van der Waals surface area (Å²) in [4.78, 5) is 15.9. The number of ether oxygens (including phenoxy) is 1. The third kappa shape index (κ3) is 4.63. The van der Waals surface area contributed by atoms with Crippen molar-refractivity contribution >= 4 is 11.7 Å². The van der Waals surface area contributed by atoms with Crippen LogP contribution in [-0.2, 0) is 16.1 Å². The van der Waals surface area contributed by atoms with Gasteiger partial charge in [-0.2, -0.15) is 0 Å². The van der Waals surface area contributed by atoms with Gasteiger partial charge in [-0.1, -0.05) is 26.0 Å². The summed E-state index contributed by atoms with van der Waals surface area (Å²) >= 11 is 0. The number of esters is 1. The molecule has 2 aromatic rings. The average molecular weight is 287 g/mol. The first-order valence-electron chi connectivity index (χ1n) is 7.08. The smallest absolute Gasteiger partial charge is 0.307 e. The van der Waals surface area contributed by atoms with Gasteiger partial charge in [0.1, 0.15) is 0 Å². The van der Waals surface area contributed by atoms with Crippen LogP contribution in [-0.4, -0.2) is 22.1 Å². The van der Waals surface area contributed by atoms with Gasteiger partial charge in [0.25, 0.3) is 0 Å². The van der Waals surface area contributed by atoms with E-state index in [-0.39, 0.29) is 5.97 Å². The fourth-order valence-electron chi connectivity index (χ4n) is 1.84. The van der Waals surface area contributed by atoms with Gasteiger partial charge < -0.3 is 15.0 Å². The van der Waals surface area contributed by atoms with Crippen molar-refractivity contribution in [2.75, 3.05) is 12.3 Å². The first kappa shape index (κ1) is 15.1. The van der Waals surface area contributed by atoms with Gasteiger partial charge in [-0.05, 0) is 18.1 Å². The van der Waals surface area contributed by atoms with Gasteiger partial charge in [-0.25, -0.2) is 4.98 Å². The number of aromatic nitrogens is 2. The van der Waals surface area contributed by atoms with Crippen LogP contribution >= 0.6 is 0 Å². The maximum atomic E-state index is 11.6. The Bertz CT molecular complexity index is 588. The number of nitrogen functional groups attached to an aromatic ring is 1. The number of carbonyl (C=O) groups excluding carboxylic acids is 1. The highest BCUT2D eigenvalue weighted by Gasteiger charge is 2.06. The third-order valence-corrected chi connectivity index (χ3v) is 2.99. The van der Waals surface area contributed by atoms with Crippen LogP contribution in [0.5, 0.6) is 0 Å². The Morgan fingerprint density at radius 1 is 1.33 bits per heavy atom. The van der Waals surface area contributed by atoms with Crippen LogP contribution in [0.25, 0.3) is 11.3 Å². The molecule has 1 aromatic heterocycles. The number of hydrogen-bond donors (Lipinski definition) is 1. The van der Waals surface area contributed by atoms with Gasteiger partial charge >= 0.3 is 5.97 Å². The van der Waals surface area contributed by atoms with Gasteiger partial charge in [0.2, 0.25) is 0 Å². The summed E-state index contributed by atoms with van der Waals surface area (Å²) in [6, 6.07) is 7.55. The van der Waals surface area contributed by atoms with Crippen molar-refractivity contribution in [1.29, 1.82) is 0 Å². The molecule has 0 aliphatic carbocycles. The minimum absolute atomic E-state index is 0.175. The van der Waals surface area contributed by atoms with Crippen LogP contribution in [0.4, 0.5) is 5.69 Å². The van der Waals surface area contributed by atoms with Crippen molar-refractivity contribution in [3.63, 3.8) is 0 Å². The molecular weight excluding hydrogens is 266 g/mol. The minimum atomic E-state index is -0.175. The maximum absolute atomic E-state index is 11.6. The minimum Gasteiger partial charge on any atom is -0.465 e. The van der Waals surface area contributed by atoms with Gasteiger partial charge in [0.05, 0.1) is 25.0 Å². The number of anilines is 1. The summed E-state index contributed by atoms with van der Waals surface area (Å²) in [6.45, 7) is 5.07. The average Bonchev–Trinajstić information content (AvgIpc) is 2.92. The molecule has 21 heavy (non-hydrogen) atoms. The van der Waals surface area contributed by atoms with Crippen LogP contribution in [0, 0.1) is 5.92 Å². The standard InChI is InChI=1S/C16H21N3O2/c1-12(2)10-21-16(20)7-8-19-9-15(18-11-19)13-3-5-14(17)6-4-13/h3-6,9,11-12H,7-8,10,17H2,1-2H3. The Morgan fingerprint density at radius 2 is 2.05 bits per heavy atom. The first-order chi connectivity index (χ1) is 10.0. The normalized spacial score (nSPS) is 10.8. The predicted octanol–water partition coefficient (Wildman–Crippen LogP) is 2.72. The van der Waals surface area contributed by atoms with Crippen LogP contribution in [0.15, 0.2) is 36.8 Å². The number of aryl methyl sites for hydroxylation is 1. The molecule has 0 aliphatic heterocycles.